The van der Waals surface area contributed by atoms with E-state index in [1.807, 2.05) is 6.92 Å². The van der Waals surface area contributed by atoms with Gasteiger partial charge in [0.2, 0.25) is 5.91 Å². The van der Waals surface area contributed by atoms with Crippen molar-refractivity contribution in [1.29, 1.82) is 0 Å². The smallest absolute Gasteiger partial charge is 0.340 e. The number of carbonyl (C=O) groups excluding carboxylic acids is 3. The summed E-state index contributed by atoms with van der Waals surface area (Å²) in [6.07, 6.45) is 2.91. The molecule has 1 fully saturated rings. The second kappa shape index (κ2) is 9.73. The normalized spacial score (nSPS) is 17.8. The molecule has 2 aromatic rings. The van der Waals surface area contributed by atoms with Gasteiger partial charge in [0.25, 0.3) is 5.91 Å². The fourth-order valence-electron chi connectivity index (χ4n) is 3.92. The summed E-state index contributed by atoms with van der Waals surface area (Å²) in [5.74, 6) is -1.44. The third-order valence-corrected chi connectivity index (χ3v) is 5.80. The summed E-state index contributed by atoms with van der Waals surface area (Å²) in [6, 6.07) is 11.4. The van der Waals surface area contributed by atoms with Crippen molar-refractivity contribution < 1.29 is 23.5 Å². The van der Waals surface area contributed by atoms with Gasteiger partial charge in [0, 0.05) is 31.1 Å². The molecule has 1 saturated carbocycles. The molecule has 0 spiro atoms. The minimum Gasteiger partial charge on any atom is -0.465 e. The molecular weight excluding hydrogens is 399 g/mol. The Kier molecular flexibility index (Phi) is 7.05. The highest BCUT2D eigenvalue weighted by molar-refractivity contribution is 5.95. The lowest BCUT2D eigenvalue weighted by Crippen LogP contribution is -2.38. The number of nitrogens with one attached hydrogen (secondary N) is 1. The minimum absolute atomic E-state index is 0.0336. The van der Waals surface area contributed by atoms with Gasteiger partial charge in [-0.2, -0.15) is 0 Å². The Morgan fingerprint density at radius 2 is 1.77 bits per heavy atom. The van der Waals surface area contributed by atoms with Gasteiger partial charge in [-0.3, -0.25) is 9.59 Å². The van der Waals surface area contributed by atoms with Crippen molar-refractivity contribution in [3.63, 3.8) is 0 Å². The number of ether oxygens (including phenoxy) is 1. The summed E-state index contributed by atoms with van der Waals surface area (Å²) < 4.78 is 18.8. The van der Waals surface area contributed by atoms with Crippen LogP contribution in [0.2, 0.25) is 0 Å². The van der Waals surface area contributed by atoms with E-state index in [-0.39, 0.29) is 29.5 Å². The van der Waals surface area contributed by atoms with Crippen molar-refractivity contribution in [3.05, 3.63) is 59.4 Å². The number of benzene rings is 2. The zero-order valence-corrected chi connectivity index (χ0v) is 18.0. The first-order chi connectivity index (χ1) is 14.8. The lowest BCUT2D eigenvalue weighted by atomic mass is 10.0. The molecule has 2 atom stereocenters. The maximum Gasteiger partial charge on any atom is 0.340 e. The molecule has 31 heavy (non-hydrogen) atoms. The van der Waals surface area contributed by atoms with E-state index in [1.54, 1.807) is 42.3 Å². The van der Waals surface area contributed by atoms with Crippen LogP contribution in [-0.4, -0.2) is 48.9 Å². The second-order valence-electron chi connectivity index (χ2n) is 7.76. The molecule has 7 heteroatoms. The highest BCUT2D eigenvalue weighted by Gasteiger charge is 2.30. The summed E-state index contributed by atoms with van der Waals surface area (Å²) in [5.41, 5.74) is 1.75. The van der Waals surface area contributed by atoms with Crippen LogP contribution in [0.4, 0.5) is 4.39 Å². The first-order valence-electron chi connectivity index (χ1n) is 10.4. The maximum absolute atomic E-state index is 14.2. The molecule has 0 heterocycles. The highest BCUT2D eigenvalue weighted by atomic mass is 19.1. The number of nitrogens with zero attached hydrogens (tertiary/aromatic N) is 1. The van der Waals surface area contributed by atoms with Crippen LogP contribution in [0, 0.1) is 5.82 Å². The van der Waals surface area contributed by atoms with Crippen molar-refractivity contribution in [2.24, 2.45) is 0 Å². The Balaban J connectivity index is 1.67. The van der Waals surface area contributed by atoms with E-state index in [0.717, 1.165) is 24.8 Å². The third kappa shape index (κ3) is 5.10. The minimum atomic E-state index is -0.726. The summed E-state index contributed by atoms with van der Waals surface area (Å²) in [5, 5.41) is 3.00. The standard InChI is InChI=1S/C24H27FN2O4/c1-4-22(28)26-18-10-11-19(14-18)27(2)23(29)16-7-5-15(6-8-16)17-9-12-20(21(25)13-17)24(30)31-3/h5-9,12-13,18-19H,4,10-11,14H2,1-3H3,(H,26,28)/t18-,19+/m0/s1. The molecule has 0 aliphatic heterocycles. The topological polar surface area (TPSA) is 75.7 Å². The van der Waals surface area contributed by atoms with Gasteiger partial charge >= 0.3 is 5.97 Å². The maximum atomic E-state index is 14.2. The van der Waals surface area contributed by atoms with Crippen molar-refractivity contribution >= 4 is 17.8 Å². The molecule has 1 aliphatic rings. The van der Waals surface area contributed by atoms with Crippen LogP contribution in [0.15, 0.2) is 42.5 Å². The van der Waals surface area contributed by atoms with Crippen LogP contribution in [0.25, 0.3) is 11.1 Å². The largest absolute Gasteiger partial charge is 0.465 e. The fourth-order valence-corrected chi connectivity index (χ4v) is 3.92. The number of amides is 2. The first-order valence-corrected chi connectivity index (χ1v) is 10.4. The summed E-state index contributed by atoms with van der Waals surface area (Å²) in [7, 11) is 2.99. The van der Waals surface area contributed by atoms with Crippen LogP contribution >= 0.6 is 0 Å². The van der Waals surface area contributed by atoms with E-state index in [0.29, 0.717) is 17.5 Å². The van der Waals surface area contributed by atoms with Crippen molar-refractivity contribution in [2.75, 3.05) is 14.2 Å². The molecule has 0 aromatic heterocycles. The molecule has 2 amide bonds. The van der Waals surface area contributed by atoms with Gasteiger partial charge in [0.1, 0.15) is 5.82 Å². The molecule has 1 N–H and O–H groups in total. The van der Waals surface area contributed by atoms with E-state index >= 15 is 0 Å². The Morgan fingerprint density at radius 1 is 1.10 bits per heavy atom. The van der Waals surface area contributed by atoms with Crippen LogP contribution in [0.5, 0.6) is 0 Å². The van der Waals surface area contributed by atoms with Crippen LogP contribution in [0.3, 0.4) is 0 Å². The van der Waals surface area contributed by atoms with Crippen molar-refractivity contribution in [3.8, 4) is 11.1 Å². The lowest BCUT2D eigenvalue weighted by Gasteiger charge is -2.25. The zero-order chi connectivity index (χ0) is 22.5. The monoisotopic (exact) mass is 426 g/mol. The number of hydrogen-bond acceptors (Lipinski definition) is 4. The number of rotatable bonds is 6. The zero-order valence-electron chi connectivity index (χ0n) is 18.0. The molecule has 2 aromatic carbocycles. The van der Waals surface area contributed by atoms with Gasteiger partial charge in [-0.1, -0.05) is 25.1 Å². The Bertz CT molecular complexity index is 974. The summed E-state index contributed by atoms with van der Waals surface area (Å²) >= 11 is 0. The average Bonchev–Trinajstić information content (AvgIpc) is 3.25. The molecular formula is C24H27FN2O4. The Hall–Kier alpha value is -3.22. The molecule has 6 nitrogen and oxygen atoms in total. The number of esters is 1. The van der Waals surface area contributed by atoms with Gasteiger partial charge in [-0.25, -0.2) is 9.18 Å². The molecule has 3 rings (SSSR count). The van der Waals surface area contributed by atoms with Gasteiger partial charge in [0.05, 0.1) is 12.7 Å². The van der Waals surface area contributed by atoms with Gasteiger partial charge < -0.3 is 15.0 Å². The van der Waals surface area contributed by atoms with Crippen molar-refractivity contribution in [2.45, 2.75) is 44.7 Å². The average molecular weight is 426 g/mol. The molecule has 0 unspecified atom stereocenters. The second-order valence-corrected chi connectivity index (χ2v) is 7.76. The number of carbonyl (C=O) groups is 3. The van der Waals surface area contributed by atoms with Crippen LogP contribution < -0.4 is 5.32 Å². The van der Waals surface area contributed by atoms with E-state index in [1.165, 1.54) is 19.2 Å². The fraction of sp³-hybridized carbons (Fsp3) is 0.375. The molecule has 0 radical (unpaired) electrons. The van der Waals surface area contributed by atoms with Gasteiger partial charge in [-0.15, -0.1) is 0 Å². The summed E-state index contributed by atoms with van der Waals surface area (Å²) in [6.45, 7) is 1.82. The predicted molar refractivity (Wildman–Crippen MR) is 115 cm³/mol. The third-order valence-electron chi connectivity index (χ3n) is 5.80. The van der Waals surface area contributed by atoms with E-state index in [4.69, 9.17) is 0 Å². The van der Waals surface area contributed by atoms with Crippen LogP contribution in [0.1, 0.15) is 53.3 Å². The van der Waals surface area contributed by atoms with Crippen molar-refractivity contribution in [1.82, 2.24) is 10.2 Å². The SMILES string of the molecule is CCC(=O)N[C@H]1CC[C@@H](N(C)C(=O)c2ccc(-c3ccc(C(=O)OC)c(F)c3)cc2)C1. The molecule has 0 bridgehead atoms. The van der Waals surface area contributed by atoms with E-state index in [9.17, 15) is 18.8 Å². The van der Waals surface area contributed by atoms with E-state index < -0.39 is 11.8 Å². The Labute approximate surface area is 181 Å². The molecule has 164 valence electrons. The highest BCUT2D eigenvalue weighted by Crippen LogP contribution is 2.26. The van der Waals surface area contributed by atoms with Crippen LogP contribution in [-0.2, 0) is 9.53 Å². The van der Waals surface area contributed by atoms with Gasteiger partial charge in [-0.05, 0) is 54.7 Å². The van der Waals surface area contributed by atoms with Gasteiger partial charge in [0.15, 0.2) is 0 Å². The van der Waals surface area contributed by atoms with E-state index in [2.05, 4.69) is 10.1 Å². The predicted octanol–water partition coefficient (Wildman–Crippen LogP) is 3.80. The summed E-state index contributed by atoms with van der Waals surface area (Å²) in [4.78, 5) is 37.8. The molecule has 0 saturated heterocycles. The lowest BCUT2D eigenvalue weighted by molar-refractivity contribution is -0.121. The molecule has 1 aliphatic carbocycles. The quantitative estimate of drug-likeness (QED) is 0.713. The number of halogens is 1. The first kappa shape index (κ1) is 22.5. The number of hydrogen-bond donors (Lipinski definition) is 1. The number of methoxy groups -OCH3 is 1. The Morgan fingerprint density at radius 3 is 2.39 bits per heavy atom.